The number of rotatable bonds is 4. The summed E-state index contributed by atoms with van der Waals surface area (Å²) in [6.45, 7) is 5.55. The van der Waals surface area contributed by atoms with Crippen molar-refractivity contribution in [2.75, 3.05) is 5.32 Å². The number of halogens is 1. The molecule has 3 rings (SSSR count). The van der Waals surface area contributed by atoms with Crippen molar-refractivity contribution >= 4 is 11.6 Å². The fourth-order valence-electron chi connectivity index (χ4n) is 2.81. The quantitative estimate of drug-likeness (QED) is 0.926. The number of benzene rings is 1. The molecule has 122 valence electrons. The Morgan fingerprint density at radius 3 is 2.78 bits per heavy atom. The number of nitrogens with zero attached hydrogens (tertiary/aromatic N) is 1. The highest BCUT2D eigenvalue weighted by Crippen LogP contribution is 2.38. The number of carbonyl (C=O) groups excluding carboxylic acids is 1. The van der Waals surface area contributed by atoms with Gasteiger partial charge in [0.25, 0.3) is 5.91 Å². The lowest BCUT2D eigenvalue weighted by molar-refractivity contribution is -0.123. The second kappa shape index (κ2) is 6.02. The molecule has 1 aliphatic heterocycles. The van der Waals surface area contributed by atoms with E-state index >= 15 is 0 Å². The van der Waals surface area contributed by atoms with Crippen LogP contribution in [0, 0.1) is 19.7 Å². The van der Waals surface area contributed by atoms with Gasteiger partial charge in [-0.3, -0.25) is 4.79 Å². The van der Waals surface area contributed by atoms with Gasteiger partial charge in [-0.25, -0.2) is 4.39 Å². The normalized spacial score (nSPS) is 16.7. The first-order chi connectivity index (χ1) is 11.0. The van der Waals surface area contributed by atoms with E-state index in [1.165, 1.54) is 6.07 Å². The van der Waals surface area contributed by atoms with E-state index in [9.17, 15) is 9.18 Å². The van der Waals surface area contributed by atoms with Crippen LogP contribution in [-0.4, -0.2) is 17.2 Å². The molecule has 0 bridgehead atoms. The van der Waals surface area contributed by atoms with Crippen molar-refractivity contribution in [2.45, 2.75) is 46.1 Å². The minimum absolute atomic E-state index is 0.226. The van der Waals surface area contributed by atoms with E-state index in [0.29, 0.717) is 40.4 Å². The molecule has 0 aliphatic carbocycles. The third-order valence-electron chi connectivity index (χ3n) is 4.01. The molecule has 6 heteroatoms. The Bertz CT molecular complexity index is 735. The Hall–Kier alpha value is -2.37. The molecule has 2 heterocycles. The molecule has 1 atom stereocenters. The number of amides is 1. The topological polar surface area (TPSA) is 64.4 Å². The lowest BCUT2D eigenvalue weighted by atomic mass is 10.0. The molecule has 0 saturated heterocycles. The van der Waals surface area contributed by atoms with Crippen LogP contribution < -0.4 is 10.1 Å². The summed E-state index contributed by atoms with van der Waals surface area (Å²) in [5.74, 6) is 0.343. The molecule has 0 radical (unpaired) electrons. The smallest absolute Gasteiger partial charge is 0.265 e. The third kappa shape index (κ3) is 2.81. The van der Waals surface area contributed by atoms with Gasteiger partial charge in [-0.05, 0) is 32.8 Å². The van der Waals surface area contributed by atoms with Crippen LogP contribution >= 0.6 is 0 Å². The Morgan fingerprint density at radius 2 is 2.13 bits per heavy atom. The van der Waals surface area contributed by atoms with Gasteiger partial charge < -0.3 is 14.6 Å². The number of aryl methyl sites for hydroxylation is 2. The molecule has 0 saturated carbocycles. The standard InChI is InChI=1S/C17H19FN2O3/c1-4-5-6-14-17(21)19-13-8-12(18)11(7-15(13)22-14)16-9(2)20-23-10(16)3/h7-8,14H,4-6H2,1-3H3,(H,19,21). The van der Waals surface area contributed by atoms with Gasteiger partial charge in [-0.1, -0.05) is 18.5 Å². The average molecular weight is 318 g/mol. The summed E-state index contributed by atoms with van der Waals surface area (Å²) in [6, 6.07) is 2.89. The van der Waals surface area contributed by atoms with Gasteiger partial charge in [0.05, 0.1) is 16.9 Å². The number of hydrogen-bond acceptors (Lipinski definition) is 4. The molecule has 0 spiro atoms. The summed E-state index contributed by atoms with van der Waals surface area (Å²) in [5, 5.41) is 6.58. The van der Waals surface area contributed by atoms with Crippen molar-refractivity contribution in [1.82, 2.24) is 5.16 Å². The highest BCUT2D eigenvalue weighted by atomic mass is 19.1. The van der Waals surface area contributed by atoms with Crippen LogP contribution in [0.15, 0.2) is 16.7 Å². The lowest BCUT2D eigenvalue weighted by Crippen LogP contribution is -2.37. The molecule has 1 aliphatic rings. The van der Waals surface area contributed by atoms with Crippen molar-refractivity contribution in [3.63, 3.8) is 0 Å². The molecule has 1 amide bonds. The second-order valence-corrected chi connectivity index (χ2v) is 5.77. The summed E-state index contributed by atoms with van der Waals surface area (Å²) in [6.07, 6.45) is 1.98. The van der Waals surface area contributed by atoms with E-state index in [0.717, 1.165) is 12.8 Å². The maximum absolute atomic E-state index is 14.5. The van der Waals surface area contributed by atoms with Crippen LogP contribution in [0.25, 0.3) is 11.1 Å². The van der Waals surface area contributed by atoms with E-state index in [-0.39, 0.29) is 5.91 Å². The first kappa shape index (κ1) is 15.5. The monoisotopic (exact) mass is 318 g/mol. The van der Waals surface area contributed by atoms with Gasteiger partial charge in [-0.15, -0.1) is 0 Å². The summed E-state index contributed by atoms with van der Waals surface area (Å²) >= 11 is 0. The highest BCUT2D eigenvalue weighted by Gasteiger charge is 2.29. The summed E-state index contributed by atoms with van der Waals surface area (Å²) in [5.41, 5.74) is 1.96. The fraction of sp³-hybridized carbons (Fsp3) is 0.412. The molecule has 2 aromatic rings. The Kier molecular flexibility index (Phi) is 4.07. The molecule has 5 nitrogen and oxygen atoms in total. The number of aromatic nitrogens is 1. The molecule has 1 unspecified atom stereocenters. The van der Waals surface area contributed by atoms with Crippen LogP contribution in [0.2, 0.25) is 0 Å². The average Bonchev–Trinajstić information content (AvgIpc) is 2.84. The SMILES string of the molecule is CCCCC1Oc2cc(-c3c(C)noc3C)c(F)cc2NC1=O. The Balaban J connectivity index is 2.00. The maximum atomic E-state index is 14.5. The second-order valence-electron chi connectivity index (χ2n) is 5.77. The van der Waals surface area contributed by atoms with Gasteiger partial charge in [-0.2, -0.15) is 0 Å². The Morgan fingerprint density at radius 1 is 1.35 bits per heavy atom. The maximum Gasteiger partial charge on any atom is 0.265 e. The summed E-state index contributed by atoms with van der Waals surface area (Å²) < 4.78 is 25.4. The highest BCUT2D eigenvalue weighted by molar-refractivity contribution is 5.98. The van der Waals surface area contributed by atoms with Crippen molar-refractivity contribution in [1.29, 1.82) is 0 Å². The van der Waals surface area contributed by atoms with E-state index in [2.05, 4.69) is 17.4 Å². The number of anilines is 1. The van der Waals surface area contributed by atoms with Crippen LogP contribution in [0.5, 0.6) is 5.75 Å². The van der Waals surface area contributed by atoms with Gasteiger partial charge in [0.15, 0.2) is 6.10 Å². The molecule has 1 aromatic heterocycles. The summed E-state index contributed by atoms with van der Waals surface area (Å²) in [7, 11) is 0. The number of fused-ring (bicyclic) bond motifs is 1. The molecule has 0 fully saturated rings. The van der Waals surface area contributed by atoms with Gasteiger partial charge in [0, 0.05) is 11.6 Å². The van der Waals surface area contributed by atoms with Crippen molar-refractivity contribution in [3.8, 4) is 16.9 Å². The predicted molar refractivity (Wildman–Crippen MR) is 83.9 cm³/mol. The number of nitrogens with one attached hydrogen (secondary N) is 1. The van der Waals surface area contributed by atoms with Crippen LogP contribution in [0.1, 0.15) is 37.6 Å². The van der Waals surface area contributed by atoms with Crippen molar-refractivity contribution < 1.29 is 18.4 Å². The number of carbonyl (C=O) groups is 1. The minimum atomic E-state index is -0.537. The molecule has 1 aromatic carbocycles. The number of ether oxygens (including phenoxy) is 1. The van der Waals surface area contributed by atoms with Gasteiger partial charge in [0.2, 0.25) is 0 Å². The van der Waals surface area contributed by atoms with E-state index < -0.39 is 11.9 Å². The zero-order chi connectivity index (χ0) is 16.6. The Labute approximate surface area is 133 Å². The van der Waals surface area contributed by atoms with E-state index in [4.69, 9.17) is 9.26 Å². The third-order valence-corrected chi connectivity index (χ3v) is 4.01. The molecule has 23 heavy (non-hydrogen) atoms. The van der Waals surface area contributed by atoms with Crippen molar-refractivity contribution in [2.24, 2.45) is 0 Å². The molecular formula is C17H19FN2O3. The first-order valence-corrected chi connectivity index (χ1v) is 7.75. The van der Waals surface area contributed by atoms with Crippen LogP contribution in [0.3, 0.4) is 0 Å². The van der Waals surface area contributed by atoms with Gasteiger partial charge >= 0.3 is 0 Å². The lowest BCUT2D eigenvalue weighted by Gasteiger charge is -2.26. The van der Waals surface area contributed by atoms with Gasteiger partial charge in [0.1, 0.15) is 17.3 Å². The number of hydrogen-bond donors (Lipinski definition) is 1. The molecular weight excluding hydrogens is 299 g/mol. The first-order valence-electron chi connectivity index (χ1n) is 7.75. The minimum Gasteiger partial charge on any atom is -0.478 e. The number of unbranched alkanes of at least 4 members (excludes halogenated alkanes) is 1. The predicted octanol–water partition coefficient (Wildman–Crippen LogP) is 3.99. The van der Waals surface area contributed by atoms with E-state index in [1.807, 2.05) is 0 Å². The van der Waals surface area contributed by atoms with E-state index in [1.54, 1.807) is 19.9 Å². The zero-order valence-electron chi connectivity index (χ0n) is 13.4. The molecule has 1 N–H and O–H groups in total. The zero-order valence-corrected chi connectivity index (χ0v) is 13.4. The van der Waals surface area contributed by atoms with Crippen LogP contribution in [0.4, 0.5) is 10.1 Å². The van der Waals surface area contributed by atoms with Crippen molar-refractivity contribution in [3.05, 3.63) is 29.4 Å². The van der Waals surface area contributed by atoms with Crippen LogP contribution in [-0.2, 0) is 4.79 Å². The largest absolute Gasteiger partial charge is 0.478 e. The summed E-state index contributed by atoms with van der Waals surface area (Å²) in [4.78, 5) is 12.0. The fourth-order valence-corrected chi connectivity index (χ4v) is 2.81.